The third kappa shape index (κ3) is 4.51. The van der Waals surface area contributed by atoms with Gasteiger partial charge in [0.25, 0.3) is 0 Å². The summed E-state index contributed by atoms with van der Waals surface area (Å²) in [6, 6.07) is 12.1. The Morgan fingerprint density at radius 3 is 2.59 bits per heavy atom. The molecule has 29 heavy (non-hydrogen) atoms. The highest BCUT2D eigenvalue weighted by atomic mass is 16.5. The minimum Gasteiger partial charge on any atom is -0.497 e. The average Bonchev–Trinajstić information content (AvgIpc) is 3.01. The number of fused-ring (bicyclic) bond motifs is 1. The lowest BCUT2D eigenvalue weighted by atomic mass is 10.0. The number of rotatable bonds is 8. The number of aromatic amines is 1. The number of carboxylic acid groups (broad SMARTS) is 1. The molecule has 0 bridgehead atoms. The van der Waals surface area contributed by atoms with Crippen LogP contribution in [0.2, 0.25) is 0 Å². The first-order chi connectivity index (χ1) is 13.9. The molecule has 0 radical (unpaired) electrons. The molecule has 0 aliphatic carbocycles. The Hall–Kier alpha value is -3.48. The van der Waals surface area contributed by atoms with Gasteiger partial charge in [-0.2, -0.15) is 0 Å². The molecule has 3 rings (SSSR count). The Bertz CT molecular complexity index is 1040. The average molecular weight is 396 g/mol. The van der Waals surface area contributed by atoms with Gasteiger partial charge in [0, 0.05) is 28.2 Å². The Balaban J connectivity index is 1.86. The zero-order chi connectivity index (χ0) is 21.0. The number of carboxylic acids is 1. The van der Waals surface area contributed by atoms with Crippen LogP contribution in [0.4, 0.5) is 0 Å². The molecule has 7 heteroatoms. The summed E-state index contributed by atoms with van der Waals surface area (Å²) in [6.45, 7) is 1.92. The molecule has 1 heterocycles. The van der Waals surface area contributed by atoms with E-state index >= 15 is 0 Å². The number of nitrogens with one attached hydrogen (secondary N) is 2. The topological polar surface area (TPSA) is 101 Å². The van der Waals surface area contributed by atoms with Crippen molar-refractivity contribution in [3.63, 3.8) is 0 Å². The van der Waals surface area contributed by atoms with Gasteiger partial charge in [-0.15, -0.1) is 0 Å². The van der Waals surface area contributed by atoms with Gasteiger partial charge >= 0.3 is 5.97 Å². The van der Waals surface area contributed by atoms with E-state index in [1.165, 1.54) is 14.2 Å². The molecule has 1 amide bonds. The van der Waals surface area contributed by atoms with E-state index in [1.807, 2.05) is 31.2 Å². The fraction of sp³-hybridized carbons (Fsp3) is 0.273. The number of amides is 1. The Morgan fingerprint density at radius 1 is 1.14 bits per heavy atom. The third-order valence-electron chi connectivity index (χ3n) is 4.89. The number of para-hydroxylation sites is 1. The van der Waals surface area contributed by atoms with Crippen LogP contribution >= 0.6 is 0 Å². The number of methoxy groups -OCH3 is 2. The molecule has 0 fully saturated rings. The molecule has 1 aromatic heterocycles. The van der Waals surface area contributed by atoms with Crippen molar-refractivity contribution >= 4 is 22.8 Å². The van der Waals surface area contributed by atoms with Crippen molar-refractivity contribution in [2.75, 3.05) is 14.2 Å². The highest BCUT2D eigenvalue weighted by Crippen LogP contribution is 2.31. The molecule has 0 aliphatic rings. The van der Waals surface area contributed by atoms with Crippen LogP contribution in [-0.2, 0) is 16.0 Å². The second-order valence-corrected chi connectivity index (χ2v) is 6.78. The van der Waals surface area contributed by atoms with E-state index in [0.717, 1.165) is 22.2 Å². The molecule has 3 N–H and O–H groups in total. The standard InChI is InChI=1S/C22H24N2O5/c1-13-17(15-6-4-5-7-18(15)23-13)11-21(25)24-19(12-22(26)27)16-9-8-14(28-2)10-20(16)29-3/h4-10,19,23H,11-12H2,1-3H3,(H,24,25)(H,26,27). The summed E-state index contributed by atoms with van der Waals surface area (Å²) in [5.41, 5.74) is 3.36. The molecule has 3 aromatic rings. The van der Waals surface area contributed by atoms with Crippen molar-refractivity contribution < 1.29 is 24.2 Å². The molecule has 0 saturated heterocycles. The lowest BCUT2D eigenvalue weighted by Crippen LogP contribution is -2.31. The van der Waals surface area contributed by atoms with Crippen molar-refractivity contribution in [1.82, 2.24) is 10.3 Å². The highest BCUT2D eigenvalue weighted by molar-refractivity contribution is 5.90. The zero-order valence-corrected chi connectivity index (χ0v) is 16.6. The van der Waals surface area contributed by atoms with Crippen molar-refractivity contribution in [1.29, 1.82) is 0 Å². The number of hydrogen-bond acceptors (Lipinski definition) is 4. The molecular weight excluding hydrogens is 372 g/mol. The Kier molecular flexibility index (Phi) is 6.07. The Labute approximate surface area is 168 Å². The SMILES string of the molecule is COc1ccc(C(CC(=O)O)NC(=O)Cc2c(C)[nH]c3ccccc23)c(OC)c1. The van der Waals surface area contributed by atoms with Crippen LogP contribution in [0.5, 0.6) is 11.5 Å². The van der Waals surface area contributed by atoms with Crippen LogP contribution in [0, 0.1) is 6.92 Å². The van der Waals surface area contributed by atoms with Gasteiger partial charge < -0.3 is 24.9 Å². The van der Waals surface area contributed by atoms with Crippen LogP contribution < -0.4 is 14.8 Å². The third-order valence-corrected chi connectivity index (χ3v) is 4.89. The van der Waals surface area contributed by atoms with Crippen LogP contribution in [0.15, 0.2) is 42.5 Å². The summed E-state index contributed by atoms with van der Waals surface area (Å²) in [7, 11) is 3.03. The molecule has 7 nitrogen and oxygen atoms in total. The zero-order valence-electron chi connectivity index (χ0n) is 16.6. The predicted octanol–water partition coefficient (Wildman–Crippen LogP) is 3.37. The molecule has 152 valence electrons. The van der Waals surface area contributed by atoms with Crippen LogP contribution in [-0.4, -0.2) is 36.2 Å². The summed E-state index contributed by atoms with van der Waals surface area (Å²) in [5, 5.41) is 13.2. The quantitative estimate of drug-likeness (QED) is 0.542. The molecule has 2 aromatic carbocycles. The van der Waals surface area contributed by atoms with Crippen molar-refractivity contribution in [3.8, 4) is 11.5 Å². The first-order valence-electron chi connectivity index (χ1n) is 9.22. The van der Waals surface area contributed by atoms with E-state index in [9.17, 15) is 14.7 Å². The summed E-state index contributed by atoms with van der Waals surface area (Å²) in [4.78, 5) is 27.5. The molecule has 1 atom stereocenters. The van der Waals surface area contributed by atoms with Gasteiger partial charge in [-0.3, -0.25) is 9.59 Å². The number of carbonyl (C=O) groups excluding carboxylic acids is 1. The summed E-state index contributed by atoms with van der Waals surface area (Å²) in [5.74, 6) is -0.238. The maximum absolute atomic E-state index is 12.8. The summed E-state index contributed by atoms with van der Waals surface area (Å²) >= 11 is 0. The number of carbonyl (C=O) groups is 2. The van der Waals surface area contributed by atoms with E-state index in [2.05, 4.69) is 10.3 Å². The van der Waals surface area contributed by atoms with Gasteiger partial charge in [0.15, 0.2) is 0 Å². The van der Waals surface area contributed by atoms with Gasteiger partial charge in [-0.1, -0.05) is 18.2 Å². The normalized spacial score (nSPS) is 11.8. The predicted molar refractivity (Wildman–Crippen MR) is 109 cm³/mol. The maximum Gasteiger partial charge on any atom is 0.305 e. The molecule has 0 spiro atoms. The van der Waals surface area contributed by atoms with Crippen LogP contribution in [0.1, 0.15) is 29.3 Å². The highest BCUT2D eigenvalue weighted by Gasteiger charge is 2.23. The van der Waals surface area contributed by atoms with Gasteiger partial charge in [-0.05, 0) is 30.7 Å². The summed E-state index contributed by atoms with van der Waals surface area (Å²) in [6.07, 6.45) is -0.119. The van der Waals surface area contributed by atoms with E-state index in [0.29, 0.717) is 17.1 Å². The van der Waals surface area contributed by atoms with Crippen LogP contribution in [0.25, 0.3) is 10.9 Å². The number of ether oxygens (including phenoxy) is 2. The number of H-pyrrole nitrogens is 1. The lowest BCUT2D eigenvalue weighted by Gasteiger charge is -2.20. The molecular formula is C22H24N2O5. The fourth-order valence-electron chi connectivity index (χ4n) is 3.49. The van der Waals surface area contributed by atoms with Crippen molar-refractivity contribution in [2.45, 2.75) is 25.8 Å². The number of benzene rings is 2. The first kappa shape index (κ1) is 20.3. The van der Waals surface area contributed by atoms with Gasteiger partial charge in [-0.25, -0.2) is 0 Å². The van der Waals surface area contributed by atoms with E-state index in [-0.39, 0.29) is 18.7 Å². The lowest BCUT2D eigenvalue weighted by molar-refractivity contribution is -0.137. The molecule has 1 unspecified atom stereocenters. The Morgan fingerprint density at radius 2 is 1.90 bits per heavy atom. The van der Waals surface area contributed by atoms with Crippen molar-refractivity contribution in [2.24, 2.45) is 0 Å². The van der Waals surface area contributed by atoms with Crippen LogP contribution in [0.3, 0.4) is 0 Å². The minimum absolute atomic E-state index is 0.143. The number of aliphatic carboxylic acids is 1. The minimum atomic E-state index is -1.02. The van der Waals surface area contributed by atoms with Gasteiger partial charge in [0.2, 0.25) is 5.91 Å². The number of aryl methyl sites for hydroxylation is 1. The van der Waals surface area contributed by atoms with E-state index in [1.54, 1.807) is 18.2 Å². The first-order valence-corrected chi connectivity index (χ1v) is 9.22. The number of aromatic nitrogens is 1. The van der Waals surface area contributed by atoms with E-state index < -0.39 is 12.0 Å². The smallest absolute Gasteiger partial charge is 0.305 e. The monoisotopic (exact) mass is 396 g/mol. The maximum atomic E-state index is 12.8. The fourth-order valence-corrected chi connectivity index (χ4v) is 3.49. The summed E-state index contributed by atoms with van der Waals surface area (Å²) < 4.78 is 10.6. The number of hydrogen-bond donors (Lipinski definition) is 3. The molecule has 0 aliphatic heterocycles. The van der Waals surface area contributed by atoms with Gasteiger partial charge in [0.05, 0.1) is 33.1 Å². The second-order valence-electron chi connectivity index (χ2n) is 6.78. The molecule has 0 saturated carbocycles. The largest absolute Gasteiger partial charge is 0.497 e. The van der Waals surface area contributed by atoms with Crippen molar-refractivity contribution in [3.05, 3.63) is 59.3 Å². The van der Waals surface area contributed by atoms with Gasteiger partial charge in [0.1, 0.15) is 11.5 Å². The second kappa shape index (κ2) is 8.68. The van der Waals surface area contributed by atoms with E-state index in [4.69, 9.17) is 9.47 Å².